The van der Waals surface area contributed by atoms with Gasteiger partial charge in [-0.25, -0.2) is 9.98 Å². The summed E-state index contributed by atoms with van der Waals surface area (Å²) in [5.41, 5.74) is 6.08. The molecule has 3 rings (SSSR count). The number of rotatable bonds is 9. The van der Waals surface area contributed by atoms with Gasteiger partial charge in [-0.3, -0.25) is 4.79 Å². The highest BCUT2D eigenvalue weighted by atomic mass is 16.5. The first-order valence-corrected chi connectivity index (χ1v) is 13.2. The van der Waals surface area contributed by atoms with Gasteiger partial charge in [-0.15, -0.1) is 0 Å². The summed E-state index contributed by atoms with van der Waals surface area (Å²) in [5.74, 6) is 1.28. The highest BCUT2D eigenvalue weighted by Gasteiger charge is 2.28. The molecular weight excluding hydrogens is 432 g/mol. The van der Waals surface area contributed by atoms with Crippen LogP contribution in [0.4, 0.5) is 0 Å². The van der Waals surface area contributed by atoms with Gasteiger partial charge in [0.15, 0.2) is 0 Å². The van der Waals surface area contributed by atoms with Crippen molar-refractivity contribution < 1.29 is 9.53 Å². The lowest BCUT2D eigenvalue weighted by molar-refractivity contribution is 0.0999. The molecule has 4 nitrogen and oxygen atoms in total. The number of nitrogens with zero attached hydrogens (tertiary/aromatic N) is 2. The molecule has 0 aromatic heterocycles. The molecule has 188 valence electrons. The first kappa shape index (κ1) is 26.8. The molecule has 0 fully saturated rings. The Bertz CT molecular complexity index is 1050. The molecule has 1 heterocycles. The molecule has 0 unspecified atom stereocenters. The molecule has 35 heavy (non-hydrogen) atoms. The molecule has 0 N–H and O–H groups in total. The molecule has 0 saturated heterocycles. The Balaban J connectivity index is 2.03. The summed E-state index contributed by atoms with van der Waals surface area (Å²) in [6.07, 6.45) is 1.68. The zero-order valence-electron chi connectivity index (χ0n) is 22.8. The van der Waals surface area contributed by atoms with Gasteiger partial charge in [-0.05, 0) is 52.8 Å². The van der Waals surface area contributed by atoms with Gasteiger partial charge in [0, 0.05) is 11.5 Å². The average molecular weight is 475 g/mol. The molecule has 2 atom stereocenters. The van der Waals surface area contributed by atoms with Crippen LogP contribution in [-0.4, -0.2) is 30.2 Å². The Morgan fingerprint density at radius 2 is 1.57 bits per heavy atom. The highest BCUT2D eigenvalue weighted by molar-refractivity contribution is 6.42. The largest absolute Gasteiger partial charge is 0.474 e. The van der Waals surface area contributed by atoms with Gasteiger partial charge < -0.3 is 4.74 Å². The van der Waals surface area contributed by atoms with Crippen LogP contribution in [0.2, 0.25) is 0 Å². The maximum absolute atomic E-state index is 13.8. The monoisotopic (exact) mass is 474 g/mol. The number of aliphatic imine (C=N–C) groups is 2. The fourth-order valence-corrected chi connectivity index (χ4v) is 4.48. The Morgan fingerprint density at radius 3 is 2.09 bits per heavy atom. The zero-order valence-corrected chi connectivity index (χ0v) is 22.8. The van der Waals surface area contributed by atoms with Crippen LogP contribution >= 0.6 is 0 Å². The van der Waals surface area contributed by atoms with Gasteiger partial charge in [-0.1, -0.05) is 97.9 Å². The number of hydrogen-bond donors (Lipinski definition) is 0. The van der Waals surface area contributed by atoms with E-state index in [4.69, 9.17) is 14.7 Å². The van der Waals surface area contributed by atoms with E-state index in [1.807, 2.05) is 18.2 Å². The van der Waals surface area contributed by atoms with Crippen LogP contribution in [-0.2, 0) is 11.2 Å². The summed E-state index contributed by atoms with van der Waals surface area (Å²) in [5, 5.41) is 0. The van der Waals surface area contributed by atoms with Gasteiger partial charge >= 0.3 is 0 Å². The molecule has 0 saturated carbocycles. The van der Waals surface area contributed by atoms with Crippen LogP contribution in [0.15, 0.2) is 52.4 Å². The van der Waals surface area contributed by atoms with E-state index in [2.05, 4.69) is 79.7 Å². The minimum atomic E-state index is -0.180. The standard InChI is InChI=1S/C31H42N2O2/c1-9-22(8)29(31-32-25(18-35-31)15-23-13-11-10-12-14-23)33-30(34)28-26(20(4)5)16-24(19(2)3)17-27(28)21(6)7/h10-14,16-17,19-22,25H,9,15,18H2,1-8H3/t22-,25-/m0/s1. The summed E-state index contributed by atoms with van der Waals surface area (Å²) in [6.45, 7) is 17.7. The van der Waals surface area contributed by atoms with Crippen molar-refractivity contribution in [3.05, 3.63) is 70.3 Å². The topological polar surface area (TPSA) is 51.0 Å². The molecule has 0 bridgehead atoms. The maximum Gasteiger partial charge on any atom is 0.277 e. The Hall–Kier alpha value is -2.75. The summed E-state index contributed by atoms with van der Waals surface area (Å²) in [4.78, 5) is 23.4. The lowest BCUT2D eigenvalue weighted by Crippen LogP contribution is -2.24. The van der Waals surface area contributed by atoms with Crippen LogP contribution in [0.25, 0.3) is 0 Å². The van der Waals surface area contributed by atoms with Crippen LogP contribution in [0, 0.1) is 5.92 Å². The minimum Gasteiger partial charge on any atom is -0.474 e. The smallest absolute Gasteiger partial charge is 0.277 e. The number of ether oxygens (including phenoxy) is 1. The summed E-state index contributed by atoms with van der Waals surface area (Å²) < 4.78 is 6.03. The Kier molecular flexibility index (Phi) is 9.04. The van der Waals surface area contributed by atoms with E-state index in [-0.39, 0.29) is 29.7 Å². The highest BCUT2D eigenvalue weighted by Crippen LogP contribution is 2.33. The molecule has 1 aliphatic rings. The third-order valence-corrected chi connectivity index (χ3v) is 6.89. The van der Waals surface area contributed by atoms with Crippen molar-refractivity contribution in [2.45, 2.75) is 92.0 Å². The number of amides is 1. The van der Waals surface area contributed by atoms with Gasteiger partial charge in [0.05, 0.1) is 6.04 Å². The molecule has 0 spiro atoms. The van der Waals surface area contributed by atoms with Gasteiger partial charge in [0.1, 0.15) is 12.3 Å². The van der Waals surface area contributed by atoms with Gasteiger partial charge in [0.25, 0.3) is 5.91 Å². The van der Waals surface area contributed by atoms with Crippen molar-refractivity contribution in [1.29, 1.82) is 0 Å². The number of hydrogen-bond acceptors (Lipinski definition) is 3. The second kappa shape index (κ2) is 11.8. The Morgan fingerprint density at radius 1 is 0.971 bits per heavy atom. The van der Waals surface area contributed by atoms with E-state index in [9.17, 15) is 4.79 Å². The van der Waals surface area contributed by atoms with E-state index in [1.165, 1.54) is 11.1 Å². The van der Waals surface area contributed by atoms with E-state index < -0.39 is 0 Å². The number of benzene rings is 2. The van der Waals surface area contributed by atoms with Crippen molar-refractivity contribution >= 4 is 17.5 Å². The quantitative estimate of drug-likeness (QED) is 0.349. The maximum atomic E-state index is 13.8. The Labute approximate surface area is 211 Å². The van der Waals surface area contributed by atoms with E-state index in [0.717, 1.165) is 29.5 Å². The van der Waals surface area contributed by atoms with Crippen LogP contribution in [0.5, 0.6) is 0 Å². The van der Waals surface area contributed by atoms with E-state index in [1.54, 1.807) is 0 Å². The predicted octanol–water partition coefficient (Wildman–Crippen LogP) is 7.72. The van der Waals surface area contributed by atoms with Crippen molar-refractivity contribution in [1.82, 2.24) is 0 Å². The lowest BCUT2D eigenvalue weighted by atomic mass is 9.84. The zero-order chi connectivity index (χ0) is 25.7. The van der Waals surface area contributed by atoms with Crippen molar-refractivity contribution in [3.8, 4) is 0 Å². The normalized spacial score (nSPS) is 17.2. The fraction of sp³-hybridized carbons (Fsp3) is 0.516. The number of carbonyl (C=O) groups excluding carboxylic acids is 1. The molecule has 4 heteroatoms. The first-order chi connectivity index (χ1) is 16.6. The van der Waals surface area contributed by atoms with E-state index >= 15 is 0 Å². The second-order valence-corrected chi connectivity index (χ2v) is 10.7. The van der Waals surface area contributed by atoms with Crippen LogP contribution in [0.1, 0.15) is 112 Å². The molecule has 0 radical (unpaired) electrons. The molecular formula is C31H42N2O2. The summed E-state index contributed by atoms with van der Waals surface area (Å²) in [6, 6.07) is 14.8. The van der Waals surface area contributed by atoms with Crippen molar-refractivity contribution in [2.24, 2.45) is 15.9 Å². The fourth-order valence-electron chi connectivity index (χ4n) is 4.48. The number of carbonyl (C=O) groups is 1. The summed E-state index contributed by atoms with van der Waals surface area (Å²) >= 11 is 0. The lowest BCUT2D eigenvalue weighted by Gasteiger charge is -2.21. The first-order valence-electron chi connectivity index (χ1n) is 13.2. The van der Waals surface area contributed by atoms with E-state index in [0.29, 0.717) is 24.1 Å². The third-order valence-electron chi connectivity index (χ3n) is 6.89. The molecule has 2 aromatic carbocycles. The predicted molar refractivity (Wildman–Crippen MR) is 147 cm³/mol. The molecule has 2 aromatic rings. The second-order valence-electron chi connectivity index (χ2n) is 10.7. The van der Waals surface area contributed by atoms with Gasteiger partial charge in [-0.2, -0.15) is 0 Å². The van der Waals surface area contributed by atoms with Gasteiger partial charge in [0.2, 0.25) is 5.90 Å². The van der Waals surface area contributed by atoms with Crippen molar-refractivity contribution in [3.63, 3.8) is 0 Å². The molecule has 0 aliphatic carbocycles. The van der Waals surface area contributed by atoms with Crippen LogP contribution in [0.3, 0.4) is 0 Å². The SMILES string of the molecule is CC[C@H](C)C(=NC(=O)c1c(C(C)C)cc(C(C)C)cc1C(C)C)C1=N[C@@H](Cc2ccccc2)CO1. The summed E-state index contributed by atoms with van der Waals surface area (Å²) in [7, 11) is 0. The minimum absolute atomic E-state index is 0.0412. The van der Waals surface area contributed by atoms with Crippen molar-refractivity contribution in [2.75, 3.05) is 6.61 Å². The average Bonchev–Trinajstić information content (AvgIpc) is 3.29. The van der Waals surface area contributed by atoms with Crippen LogP contribution < -0.4 is 0 Å². The third kappa shape index (κ3) is 6.48. The molecule has 1 amide bonds. The molecule has 1 aliphatic heterocycles.